The van der Waals surface area contributed by atoms with E-state index in [1.165, 1.54) is 4.88 Å². The molecule has 0 saturated carbocycles. The number of hydrogen-bond acceptors (Lipinski definition) is 5. The first-order valence-corrected chi connectivity index (χ1v) is 10.4. The normalized spacial score (nSPS) is 20.3. The van der Waals surface area contributed by atoms with Crippen molar-refractivity contribution in [2.75, 3.05) is 5.32 Å². The summed E-state index contributed by atoms with van der Waals surface area (Å²) in [6.07, 6.45) is 7.98. The van der Waals surface area contributed by atoms with E-state index in [4.69, 9.17) is 21.8 Å². The monoisotopic (exact) mass is 485 g/mol. The molecule has 0 bridgehead atoms. The van der Waals surface area contributed by atoms with E-state index >= 15 is 0 Å². The first kappa shape index (κ1) is 17.3. The summed E-state index contributed by atoms with van der Waals surface area (Å²) in [5.41, 5.74) is 8.31. The molecule has 7 heteroatoms. The number of hydrogen-bond donors (Lipinski definition) is 2. The summed E-state index contributed by atoms with van der Waals surface area (Å²) >= 11 is 10.4. The molecule has 4 nitrogen and oxygen atoms in total. The first-order valence-electron chi connectivity index (χ1n) is 8.08. The standard InChI is InChI=1S/C18H17ClIN3OS/c19-14-8-13(22-9-10-4-3-7-24-10)18-16(23-14)15(20)17(25-18)11-5-1-2-6-12(11)21/h1-4,7-8,11-12H,5-6,9,21H2,(H,22,23)/t11-,12-/m1/s1. The highest BCUT2D eigenvalue weighted by atomic mass is 127. The Balaban J connectivity index is 1.73. The van der Waals surface area contributed by atoms with Gasteiger partial charge in [0, 0.05) is 22.9 Å². The largest absolute Gasteiger partial charge is 0.467 e. The maximum absolute atomic E-state index is 6.37. The van der Waals surface area contributed by atoms with Gasteiger partial charge in [0.05, 0.1) is 32.3 Å². The molecule has 0 unspecified atom stereocenters. The van der Waals surface area contributed by atoms with Crippen molar-refractivity contribution < 1.29 is 4.42 Å². The molecule has 3 N–H and O–H groups in total. The zero-order valence-corrected chi connectivity index (χ0v) is 17.1. The third-order valence-corrected chi connectivity index (χ3v) is 7.43. The van der Waals surface area contributed by atoms with Crippen molar-refractivity contribution in [3.63, 3.8) is 0 Å². The number of rotatable bonds is 4. The van der Waals surface area contributed by atoms with Crippen LogP contribution in [0.2, 0.25) is 5.15 Å². The fourth-order valence-corrected chi connectivity index (χ4v) is 5.94. The van der Waals surface area contributed by atoms with Crippen LogP contribution >= 0.6 is 45.5 Å². The van der Waals surface area contributed by atoms with E-state index in [1.54, 1.807) is 17.6 Å². The summed E-state index contributed by atoms with van der Waals surface area (Å²) in [6, 6.07) is 5.87. The quantitative estimate of drug-likeness (QED) is 0.290. The number of furan rings is 1. The lowest BCUT2D eigenvalue weighted by Crippen LogP contribution is -2.29. The van der Waals surface area contributed by atoms with Gasteiger partial charge in [-0.25, -0.2) is 4.98 Å². The molecule has 0 aromatic carbocycles. The first-order chi connectivity index (χ1) is 12.1. The molecule has 130 valence electrons. The SMILES string of the molecule is N[C@@H]1CC=CC[C@H]1c1sc2c(NCc3ccco3)cc(Cl)nc2c1I. The Morgan fingerprint density at radius 1 is 1.40 bits per heavy atom. The summed E-state index contributed by atoms with van der Waals surface area (Å²) in [6.45, 7) is 0.609. The Bertz CT molecular complexity index is 922. The average molecular weight is 486 g/mol. The zero-order chi connectivity index (χ0) is 17.4. The minimum absolute atomic E-state index is 0.154. The molecule has 0 spiro atoms. The lowest BCUT2D eigenvalue weighted by atomic mass is 9.88. The molecule has 1 aliphatic carbocycles. The fraction of sp³-hybridized carbons (Fsp3) is 0.278. The molecular weight excluding hydrogens is 469 g/mol. The summed E-state index contributed by atoms with van der Waals surface area (Å²) in [5.74, 6) is 1.22. The van der Waals surface area contributed by atoms with Crippen LogP contribution in [-0.4, -0.2) is 11.0 Å². The smallest absolute Gasteiger partial charge is 0.131 e. The Morgan fingerprint density at radius 3 is 3.00 bits per heavy atom. The molecule has 25 heavy (non-hydrogen) atoms. The topological polar surface area (TPSA) is 64.1 Å². The number of anilines is 1. The molecule has 0 saturated heterocycles. The third kappa shape index (κ3) is 3.45. The predicted molar refractivity (Wildman–Crippen MR) is 112 cm³/mol. The van der Waals surface area contributed by atoms with Crippen molar-refractivity contribution in [2.45, 2.75) is 31.3 Å². The lowest BCUT2D eigenvalue weighted by Gasteiger charge is -2.24. The van der Waals surface area contributed by atoms with Crippen molar-refractivity contribution in [3.8, 4) is 0 Å². The van der Waals surface area contributed by atoms with E-state index in [0.29, 0.717) is 17.6 Å². The molecular formula is C18H17ClIN3OS. The number of halogens is 2. The second-order valence-corrected chi connectivity index (χ2v) is 8.61. The molecule has 4 rings (SSSR count). The number of allylic oxidation sites excluding steroid dienone is 1. The highest BCUT2D eigenvalue weighted by molar-refractivity contribution is 14.1. The molecule has 2 atom stereocenters. The number of pyridine rings is 1. The van der Waals surface area contributed by atoms with Crippen LogP contribution in [0.4, 0.5) is 5.69 Å². The number of nitrogens with zero attached hydrogens (tertiary/aromatic N) is 1. The summed E-state index contributed by atoms with van der Waals surface area (Å²) < 4.78 is 7.69. The van der Waals surface area contributed by atoms with Crippen molar-refractivity contribution >= 4 is 61.4 Å². The van der Waals surface area contributed by atoms with Crippen LogP contribution in [0.1, 0.15) is 29.4 Å². The molecule has 0 fully saturated rings. The van der Waals surface area contributed by atoms with Crippen LogP contribution in [0, 0.1) is 3.57 Å². The van der Waals surface area contributed by atoms with E-state index in [2.05, 4.69) is 45.0 Å². The van der Waals surface area contributed by atoms with Gasteiger partial charge >= 0.3 is 0 Å². The number of nitrogens with two attached hydrogens (primary N) is 1. The Kier molecular flexibility index (Phi) is 5.04. The van der Waals surface area contributed by atoms with Gasteiger partial charge < -0.3 is 15.5 Å². The van der Waals surface area contributed by atoms with Crippen LogP contribution in [0.15, 0.2) is 41.0 Å². The highest BCUT2D eigenvalue weighted by Crippen LogP contribution is 2.43. The van der Waals surface area contributed by atoms with E-state index in [0.717, 1.165) is 38.1 Å². The van der Waals surface area contributed by atoms with Crippen molar-refractivity contribution in [2.24, 2.45) is 5.73 Å². The van der Waals surface area contributed by atoms with E-state index in [9.17, 15) is 0 Å². The van der Waals surface area contributed by atoms with Crippen LogP contribution < -0.4 is 11.1 Å². The minimum atomic E-state index is 0.154. The molecule has 0 radical (unpaired) electrons. The van der Waals surface area contributed by atoms with Crippen LogP contribution in [0.5, 0.6) is 0 Å². The lowest BCUT2D eigenvalue weighted by molar-refractivity contribution is 0.518. The molecule has 3 aromatic rings. The second kappa shape index (κ2) is 7.26. The van der Waals surface area contributed by atoms with Crippen molar-refractivity contribution in [1.29, 1.82) is 0 Å². The fourth-order valence-electron chi connectivity index (χ4n) is 3.13. The third-order valence-electron chi connectivity index (χ3n) is 4.43. The van der Waals surface area contributed by atoms with Crippen LogP contribution in [-0.2, 0) is 6.54 Å². The van der Waals surface area contributed by atoms with Gasteiger partial charge in [0.15, 0.2) is 0 Å². The zero-order valence-electron chi connectivity index (χ0n) is 13.3. The van der Waals surface area contributed by atoms with Gasteiger partial charge in [-0.1, -0.05) is 23.8 Å². The number of nitrogens with one attached hydrogen (secondary N) is 1. The molecule has 3 aromatic heterocycles. The van der Waals surface area contributed by atoms with Gasteiger partial charge in [0.25, 0.3) is 0 Å². The van der Waals surface area contributed by atoms with Crippen LogP contribution in [0.25, 0.3) is 10.2 Å². The van der Waals surface area contributed by atoms with Gasteiger partial charge in [-0.3, -0.25) is 0 Å². The van der Waals surface area contributed by atoms with E-state index < -0.39 is 0 Å². The van der Waals surface area contributed by atoms with Crippen molar-refractivity contribution in [3.05, 3.63) is 56.0 Å². The maximum Gasteiger partial charge on any atom is 0.131 e. The van der Waals surface area contributed by atoms with E-state index in [1.807, 2.05) is 18.2 Å². The summed E-state index contributed by atoms with van der Waals surface area (Å²) in [5, 5.41) is 3.92. The van der Waals surface area contributed by atoms with Gasteiger partial charge in [0.2, 0.25) is 0 Å². The molecule has 0 aliphatic heterocycles. The van der Waals surface area contributed by atoms with Gasteiger partial charge in [0.1, 0.15) is 10.9 Å². The summed E-state index contributed by atoms with van der Waals surface area (Å²) in [7, 11) is 0. The van der Waals surface area contributed by atoms with Gasteiger partial charge in [-0.2, -0.15) is 0 Å². The molecule has 1 aliphatic rings. The van der Waals surface area contributed by atoms with Crippen LogP contribution in [0.3, 0.4) is 0 Å². The average Bonchev–Trinajstić information content (AvgIpc) is 3.22. The maximum atomic E-state index is 6.37. The Morgan fingerprint density at radius 2 is 2.24 bits per heavy atom. The number of thiophene rings is 1. The Labute approximate surface area is 168 Å². The van der Waals surface area contributed by atoms with E-state index in [-0.39, 0.29) is 6.04 Å². The molecule has 0 amide bonds. The summed E-state index contributed by atoms with van der Waals surface area (Å²) in [4.78, 5) is 5.88. The second-order valence-electron chi connectivity index (χ2n) is 6.10. The van der Waals surface area contributed by atoms with Gasteiger partial charge in [-0.15, -0.1) is 11.3 Å². The molecule has 3 heterocycles. The predicted octanol–water partition coefficient (Wildman–Crippen LogP) is 5.52. The Hall–Kier alpha value is -1.09. The van der Waals surface area contributed by atoms with Crippen molar-refractivity contribution in [1.82, 2.24) is 4.98 Å². The number of fused-ring (bicyclic) bond motifs is 1. The number of aromatic nitrogens is 1. The van der Waals surface area contributed by atoms with Gasteiger partial charge in [-0.05, 0) is 47.6 Å². The minimum Gasteiger partial charge on any atom is -0.467 e. The highest BCUT2D eigenvalue weighted by Gasteiger charge is 2.27.